The Labute approximate surface area is 106 Å². The number of hydrogen-bond acceptors (Lipinski definition) is 2. The number of rotatable bonds is 1. The molecule has 0 aromatic heterocycles. The normalized spacial score (nSPS) is 23.9. The molecule has 17 heavy (non-hydrogen) atoms. The minimum atomic E-state index is -0.388. The number of nitrogens with zero attached hydrogens (tertiary/aromatic N) is 1. The quantitative estimate of drug-likeness (QED) is 0.764. The fourth-order valence-electron chi connectivity index (χ4n) is 2.23. The van der Waals surface area contributed by atoms with Crippen LogP contribution in [0.1, 0.15) is 48.0 Å². The molecule has 0 radical (unpaired) electrons. The van der Waals surface area contributed by atoms with Gasteiger partial charge in [-0.2, -0.15) is 0 Å². The van der Waals surface area contributed by atoms with E-state index in [4.69, 9.17) is 5.73 Å². The van der Waals surface area contributed by atoms with Crippen molar-refractivity contribution in [2.24, 2.45) is 22.5 Å². The third kappa shape index (κ3) is 3.44. The van der Waals surface area contributed by atoms with E-state index in [9.17, 15) is 4.79 Å². The summed E-state index contributed by atoms with van der Waals surface area (Å²) in [7, 11) is 0. The van der Waals surface area contributed by atoms with E-state index in [2.05, 4.69) is 20.8 Å². The molecule has 1 rings (SSSR count). The molecule has 0 aromatic carbocycles. The molecule has 3 heteroatoms. The van der Waals surface area contributed by atoms with E-state index in [1.807, 2.05) is 25.7 Å². The van der Waals surface area contributed by atoms with Crippen LogP contribution in [0.4, 0.5) is 0 Å². The highest BCUT2D eigenvalue weighted by Crippen LogP contribution is 2.34. The lowest BCUT2D eigenvalue weighted by Gasteiger charge is -2.31. The Kier molecular flexibility index (Phi) is 3.92. The van der Waals surface area contributed by atoms with E-state index in [-0.39, 0.29) is 22.8 Å². The van der Waals surface area contributed by atoms with Gasteiger partial charge in [0, 0.05) is 13.1 Å². The zero-order valence-corrected chi connectivity index (χ0v) is 12.2. The first-order valence-corrected chi connectivity index (χ1v) is 6.58. The van der Waals surface area contributed by atoms with Crippen LogP contribution in [0.25, 0.3) is 0 Å². The monoisotopic (exact) mass is 240 g/mol. The summed E-state index contributed by atoms with van der Waals surface area (Å²) in [5.41, 5.74) is 6.16. The molecule has 0 aromatic rings. The molecule has 2 N–H and O–H groups in total. The van der Waals surface area contributed by atoms with Crippen molar-refractivity contribution in [3.8, 4) is 0 Å². The van der Waals surface area contributed by atoms with Gasteiger partial charge in [-0.3, -0.25) is 4.79 Å². The Balaban J connectivity index is 2.63. The van der Waals surface area contributed by atoms with E-state index < -0.39 is 0 Å². The minimum Gasteiger partial charge on any atom is -0.341 e. The molecule has 0 saturated carbocycles. The van der Waals surface area contributed by atoms with Crippen molar-refractivity contribution in [3.05, 3.63) is 0 Å². The lowest BCUT2D eigenvalue weighted by molar-refractivity contribution is -0.134. The molecular formula is C14H28N2O. The van der Waals surface area contributed by atoms with Crippen molar-refractivity contribution in [3.63, 3.8) is 0 Å². The summed E-state index contributed by atoms with van der Waals surface area (Å²) < 4.78 is 0. The molecule has 2 atom stereocenters. The van der Waals surface area contributed by atoms with Crippen molar-refractivity contribution in [1.82, 2.24) is 4.90 Å². The van der Waals surface area contributed by atoms with E-state index in [0.29, 0.717) is 5.92 Å². The summed E-state index contributed by atoms with van der Waals surface area (Å²) >= 11 is 0. The molecular weight excluding hydrogens is 212 g/mol. The molecule has 1 fully saturated rings. The number of carbonyl (C=O) groups is 1. The largest absolute Gasteiger partial charge is 0.341 e. The number of nitrogens with two attached hydrogens (primary N) is 1. The van der Waals surface area contributed by atoms with Gasteiger partial charge in [0.05, 0.1) is 6.04 Å². The van der Waals surface area contributed by atoms with Gasteiger partial charge in [0.2, 0.25) is 5.91 Å². The van der Waals surface area contributed by atoms with Gasteiger partial charge in [0.1, 0.15) is 0 Å². The second-order valence-corrected chi connectivity index (χ2v) is 7.48. The van der Waals surface area contributed by atoms with Gasteiger partial charge in [-0.1, -0.05) is 41.5 Å². The Morgan fingerprint density at radius 3 is 2.12 bits per heavy atom. The second-order valence-electron chi connectivity index (χ2n) is 7.48. The van der Waals surface area contributed by atoms with Crippen LogP contribution in [-0.4, -0.2) is 29.9 Å². The van der Waals surface area contributed by atoms with Gasteiger partial charge < -0.3 is 10.6 Å². The standard InChI is InChI=1S/C14H28N2O/c1-13(2,3)10-7-8-16(9-10)12(17)11(15)14(4,5)6/h10-11H,7-9,15H2,1-6H3/t10?,11-/m1/s1. The molecule has 1 amide bonds. The third-order valence-corrected chi connectivity index (χ3v) is 3.92. The second kappa shape index (κ2) is 4.60. The van der Waals surface area contributed by atoms with Crippen LogP contribution in [-0.2, 0) is 4.79 Å². The predicted molar refractivity (Wildman–Crippen MR) is 71.6 cm³/mol. The molecule has 1 aliphatic rings. The zero-order chi connectivity index (χ0) is 13.4. The Bertz CT molecular complexity index is 286. The van der Waals surface area contributed by atoms with Crippen molar-refractivity contribution >= 4 is 5.91 Å². The van der Waals surface area contributed by atoms with Crippen LogP contribution >= 0.6 is 0 Å². The first kappa shape index (κ1) is 14.5. The SMILES string of the molecule is CC(C)(C)C1CCN(C(=O)[C@@H](N)C(C)(C)C)C1. The highest BCUT2D eigenvalue weighted by Gasteiger charge is 2.37. The van der Waals surface area contributed by atoms with Crippen LogP contribution in [0.2, 0.25) is 0 Å². The van der Waals surface area contributed by atoms with Gasteiger partial charge in [0.15, 0.2) is 0 Å². The average Bonchev–Trinajstić information content (AvgIpc) is 2.61. The third-order valence-electron chi connectivity index (χ3n) is 3.92. The molecule has 0 bridgehead atoms. The maximum atomic E-state index is 12.3. The van der Waals surface area contributed by atoms with Crippen LogP contribution in [0, 0.1) is 16.7 Å². The number of hydrogen-bond donors (Lipinski definition) is 1. The summed E-state index contributed by atoms with van der Waals surface area (Å²) in [6.07, 6.45) is 1.10. The molecule has 3 nitrogen and oxygen atoms in total. The first-order chi connectivity index (χ1) is 7.53. The molecule has 1 heterocycles. The number of carbonyl (C=O) groups excluding carboxylic acids is 1. The van der Waals surface area contributed by atoms with E-state index >= 15 is 0 Å². The highest BCUT2D eigenvalue weighted by atomic mass is 16.2. The average molecular weight is 240 g/mol. The van der Waals surface area contributed by atoms with Gasteiger partial charge in [-0.15, -0.1) is 0 Å². The first-order valence-electron chi connectivity index (χ1n) is 6.58. The minimum absolute atomic E-state index is 0.115. The van der Waals surface area contributed by atoms with E-state index in [1.54, 1.807) is 0 Å². The van der Waals surface area contributed by atoms with Gasteiger partial charge >= 0.3 is 0 Å². The smallest absolute Gasteiger partial charge is 0.240 e. The number of likely N-dealkylation sites (tertiary alicyclic amines) is 1. The maximum absolute atomic E-state index is 12.3. The van der Waals surface area contributed by atoms with Crippen molar-refractivity contribution in [2.45, 2.75) is 54.0 Å². The maximum Gasteiger partial charge on any atom is 0.240 e. The van der Waals surface area contributed by atoms with Gasteiger partial charge in [-0.05, 0) is 23.2 Å². The molecule has 0 aliphatic carbocycles. The van der Waals surface area contributed by atoms with Gasteiger partial charge in [-0.25, -0.2) is 0 Å². The van der Waals surface area contributed by atoms with Crippen LogP contribution in [0.3, 0.4) is 0 Å². The van der Waals surface area contributed by atoms with Crippen LogP contribution < -0.4 is 5.73 Å². The van der Waals surface area contributed by atoms with Crippen molar-refractivity contribution in [2.75, 3.05) is 13.1 Å². The van der Waals surface area contributed by atoms with E-state index in [1.165, 1.54) is 0 Å². The topological polar surface area (TPSA) is 46.3 Å². The van der Waals surface area contributed by atoms with E-state index in [0.717, 1.165) is 19.5 Å². The summed E-state index contributed by atoms with van der Waals surface area (Å²) in [6, 6.07) is -0.388. The number of amides is 1. The highest BCUT2D eigenvalue weighted by molar-refractivity contribution is 5.82. The Morgan fingerprint density at radius 2 is 1.76 bits per heavy atom. The van der Waals surface area contributed by atoms with Gasteiger partial charge in [0.25, 0.3) is 0 Å². The van der Waals surface area contributed by atoms with Crippen molar-refractivity contribution < 1.29 is 4.79 Å². The molecule has 100 valence electrons. The molecule has 1 unspecified atom stereocenters. The predicted octanol–water partition coefficient (Wildman–Crippen LogP) is 2.25. The van der Waals surface area contributed by atoms with Crippen LogP contribution in [0.15, 0.2) is 0 Å². The zero-order valence-electron chi connectivity index (χ0n) is 12.2. The fourth-order valence-corrected chi connectivity index (χ4v) is 2.23. The summed E-state index contributed by atoms with van der Waals surface area (Å²) in [5.74, 6) is 0.711. The lowest BCUT2D eigenvalue weighted by Crippen LogP contribution is -2.49. The Morgan fingerprint density at radius 1 is 1.24 bits per heavy atom. The Hall–Kier alpha value is -0.570. The lowest BCUT2D eigenvalue weighted by atomic mass is 9.80. The summed E-state index contributed by atoms with van der Waals surface area (Å²) in [5, 5.41) is 0. The van der Waals surface area contributed by atoms with Crippen LogP contribution in [0.5, 0.6) is 0 Å². The molecule has 1 aliphatic heterocycles. The molecule has 1 saturated heterocycles. The summed E-state index contributed by atoms with van der Waals surface area (Å²) in [6.45, 7) is 14.5. The summed E-state index contributed by atoms with van der Waals surface area (Å²) in [4.78, 5) is 14.2. The fraction of sp³-hybridized carbons (Fsp3) is 0.929. The molecule has 0 spiro atoms. The van der Waals surface area contributed by atoms with Crippen molar-refractivity contribution in [1.29, 1.82) is 0 Å².